The number of nitrogens with two attached hydrogens (primary N) is 1. The maximum atomic E-state index is 5.78. The zero-order valence-corrected chi connectivity index (χ0v) is 14.1. The van der Waals surface area contributed by atoms with Crippen LogP contribution in [0.1, 0.15) is 11.3 Å². The topological polar surface area (TPSA) is 80.9 Å². The van der Waals surface area contributed by atoms with Gasteiger partial charge in [0.15, 0.2) is 0 Å². The van der Waals surface area contributed by atoms with Crippen LogP contribution < -0.4 is 5.73 Å². The Balaban J connectivity index is 2.19. The number of hydrogen-bond acceptors (Lipinski definition) is 5. The molecule has 0 aliphatic carbocycles. The molecule has 2 heterocycles. The van der Waals surface area contributed by atoms with Gasteiger partial charge < -0.3 is 5.73 Å². The summed E-state index contributed by atoms with van der Waals surface area (Å²) >= 11 is 0. The lowest BCUT2D eigenvalue weighted by Crippen LogP contribution is -2.18. The smallest absolute Gasteiger partial charge is 0.238 e. The molecule has 0 saturated heterocycles. The van der Waals surface area contributed by atoms with Crippen LogP contribution in [-0.4, -0.2) is 45.2 Å². The molecule has 0 fully saturated rings. The zero-order valence-electron chi connectivity index (χ0n) is 14.1. The van der Waals surface area contributed by atoms with Crippen molar-refractivity contribution in [1.29, 1.82) is 0 Å². The third kappa shape index (κ3) is 3.60. The molecule has 0 spiro atoms. The van der Waals surface area contributed by atoms with Crippen LogP contribution in [0.5, 0.6) is 0 Å². The average Bonchev–Trinajstić information content (AvgIpc) is 2.91. The van der Waals surface area contributed by atoms with E-state index in [0.29, 0.717) is 5.69 Å². The highest BCUT2D eigenvalue weighted by molar-refractivity contribution is 6.59. The number of hydrogen-bond donors (Lipinski definition) is 1. The summed E-state index contributed by atoms with van der Waals surface area (Å²) in [6.07, 6.45) is 1.97. The van der Waals surface area contributed by atoms with E-state index in [2.05, 4.69) is 20.3 Å². The number of aromatic nitrogens is 3. The Morgan fingerprint density at radius 1 is 1.24 bits per heavy atom. The van der Waals surface area contributed by atoms with Crippen molar-refractivity contribution >= 4 is 40.7 Å². The summed E-state index contributed by atoms with van der Waals surface area (Å²) in [5, 5.41) is 10.7. The molecule has 6 nitrogen and oxygen atoms in total. The van der Waals surface area contributed by atoms with Gasteiger partial charge in [0.1, 0.15) is 0 Å². The highest BCUT2D eigenvalue weighted by Crippen LogP contribution is 2.32. The number of benzene rings is 1. The maximum absolute atomic E-state index is 5.78. The monoisotopic (exact) mass is 324 g/mol. The van der Waals surface area contributed by atoms with Crippen LogP contribution in [0, 0.1) is 6.92 Å². The maximum Gasteiger partial charge on any atom is 0.238 e. The standard InChI is InChI=1S/C16H15B3N6/c1-9-7-10(3-4-12(9)23-21-2)11-5-6-25-14(11)13(8-16(17,18)19)22-15(20)24-25/h3-7H,8H2,1-2H3,(H2,20,24). The van der Waals surface area contributed by atoms with Gasteiger partial charge in [-0.25, -0.2) is 9.50 Å². The Hall–Kier alpha value is -2.57. The second-order valence-corrected chi connectivity index (χ2v) is 6.03. The first-order valence-corrected chi connectivity index (χ1v) is 7.70. The third-order valence-corrected chi connectivity index (χ3v) is 3.79. The Kier molecular flexibility index (Phi) is 4.41. The molecule has 0 amide bonds. The molecule has 3 rings (SSSR count). The first kappa shape index (κ1) is 17.3. The van der Waals surface area contributed by atoms with Gasteiger partial charge in [-0.05, 0) is 42.7 Å². The summed E-state index contributed by atoms with van der Waals surface area (Å²) in [4.78, 5) is 4.29. The predicted molar refractivity (Wildman–Crippen MR) is 102 cm³/mol. The minimum atomic E-state index is -1.40. The number of anilines is 1. The lowest BCUT2D eigenvalue weighted by molar-refractivity contribution is 0.860. The van der Waals surface area contributed by atoms with E-state index >= 15 is 0 Å². The second-order valence-electron chi connectivity index (χ2n) is 6.03. The fraction of sp³-hybridized carbons (Fsp3) is 0.250. The van der Waals surface area contributed by atoms with Crippen molar-refractivity contribution in [2.24, 2.45) is 10.2 Å². The van der Waals surface area contributed by atoms with Gasteiger partial charge in [0.05, 0.1) is 40.4 Å². The first-order chi connectivity index (χ1) is 11.8. The first-order valence-electron chi connectivity index (χ1n) is 7.70. The Labute approximate surface area is 150 Å². The molecule has 25 heavy (non-hydrogen) atoms. The van der Waals surface area contributed by atoms with Gasteiger partial charge in [0.25, 0.3) is 0 Å². The molecule has 6 radical (unpaired) electrons. The predicted octanol–water partition coefficient (Wildman–Crippen LogP) is 2.12. The summed E-state index contributed by atoms with van der Waals surface area (Å²) in [6.45, 7) is 1.98. The minimum absolute atomic E-state index is 0.129. The average molecular weight is 324 g/mol. The lowest BCUT2D eigenvalue weighted by Gasteiger charge is -2.20. The van der Waals surface area contributed by atoms with Crippen LogP contribution in [0.15, 0.2) is 40.7 Å². The van der Waals surface area contributed by atoms with Crippen molar-refractivity contribution < 1.29 is 0 Å². The van der Waals surface area contributed by atoms with E-state index in [0.717, 1.165) is 27.9 Å². The third-order valence-electron chi connectivity index (χ3n) is 3.79. The number of azo groups is 1. The fourth-order valence-corrected chi connectivity index (χ4v) is 2.81. The normalized spacial score (nSPS) is 12.2. The SMILES string of the molecule is [B]C([B])([B])Cc1nc(N)nn2ccc(-c3ccc(N=NC)c(C)c3)c12. The molecule has 0 saturated carbocycles. The Bertz CT molecular complexity index is 958. The number of aryl methyl sites for hydroxylation is 1. The number of fused-ring (bicyclic) bond motifs is 1. The van der Waals surface area contributed by atoms with Crippen molar-refractivity contribution in [3.8, 4) is 11.1 Å². The summed E-state index contributed by atoms with van der Waals surface area (Å²) in [6, 6.07) is 7.85. The van der Waals surface area contributed by atoms with Gasteiger partial charge in [-0.15, -0.1) is 10.2 Å². The number of nitrogen functional groups attached to an aromatic ring is 1. The van der Waals surface area contributed by atoms with Crippen molar-refractivity contribution in [1.82, 2.24) is 14.6 Å². The molecule has 0 bridgehead atoms. The van der Waals surface area contributed by atoms with Gasteiger partial charge in [0.2, 0.25) is 5.95 Å². The van der Waals surface area contributed by atoms with Crippen LogP contribution in [-0.2, 0) is 6.42 Å². The van der Waals surface area contributed by atoms with Crippen molar-refractivity contribution in [2.75, 3.05) is 12.8 Å². The molecule has 0 aliphatic rings. The van der Waals surface area contributed by atoms with Gasteiger partial charge in [-0.1, -0.05) is 6.07 Å². The fourth-order valence-electron chi connectivity index (χ4n) is 2.81. The Morgan fingerprint density at radius 3 is 2.64 bits per heavy atom. The Morgan fingerprint density at radius 2 is 2.00 bits per heavy atom. The van der Waals surface area contributed by atoms with Crippen LogP contribution in [0.3, 0.4) is 0 Å². The van der Waals surface area contributed by atoms with Crippen LogP contribution in [0.4, 0.5) is 11.6 Å². The molecule has 2 N–H and O–H groups in total. The highest BCUT2D eigenvalue weighted by Gasteiger charge is 2.18. The number of nitrogens with zero attached hydrogens (tertiary/aromatic N) is 5. The number of rotatable bonds is 4. The van der Waals surface area contributed by atoms with Crippen LogP contribution in [0.25, 0.3) is 16.6 Å². The van der Waals surface area contributed by atoms with Crippen molar-refractivity contribution in [2.45, 2.75) is 18.5 Å². The van der Waals surface area contributed by atoms with Crippen LogP contribution >= 0.6 is 0 Å². The van der Waals surface area contributed by atoms with Crippen molar-refractivity contribution in [3.63, 3.8) is 0 Å². The van der Waals surface area contributed by atoms with E-state index in [1.54, 1.807) is 11.6 Å². The van der Waals surface area contributed by atoms with E-state index in [1.807, 2.05) is 37.4 Å². The molecular formula is C16H15B3N6. The van der Waals surface area contributed by atoms with E-state index in [-0.39, 0.29) is 12.4 Å². The molecule has 9 heteroatoms. The van der Waals surface area contributed by atoms with E-state index in [4.69, 9.17) is 29.3 Å². The van der Waals surface area contributed by atoms with E-state index in [1.165, 1.54) is 0 Å². The van der Waals surface area contributed by atoms with Gasteiger partial charge in [-0.3, -0.25) is 0 Å². The molecule has 118 valence electrons. The largest absolute Gasteiger partial charge is 0.367 e. The lowest BCUT2D eigenvalue weighted by atomic mass is 9.41. The molecule has 2 aromatic heterocycles. The summed E-state index contributed by atoms with van der Waals surface area (Å²) < 4.78 is 1.66. The van der Waals surface area contributed by atoms with Gasteiger partial charge >= 0.3 is 0 Å². The molecule has 3 aromatic rings. The summed E-state index contributed by atoms with van der Waals surface area (Å²) in [5.41, 5.74) is 10.9. The summed E-state index contributed by atoms with van der Waals surface area (Å²) in [7, 11) is 18.9. The second kappa shape index (κ2) is 6.39. The molecular weight excluding hydrogens is 309 g/mol. The van der Waals surface area contributed by atoms with Crippen LogP contribution in [0.2, 0.25) is 5.11 Å². The summed E-state index contributed by atoms with van der Waals surface area (Å²) in [5.74, 6) is 0.129. The van der Waals surface area contributed by atoms with Gasteiger partial charge in [-0.2, -0.15) is 10.2 Å². The zero-order chi connectivity index (χ0) is 18.2. The molecule has 0 unspecified atom stereocenters. The van der Waals surface area contributed by atoms with Gasteiger partial charge in [0, 0.05) is 18.8 Å². The minimum Gasteiger partial charge on any atom is -0.367 e. The van der Waals surface area contributed by atoms with E-state index in [9.17, 15) is 0 Å². The molecule has 1 aromatic carbocycles. The highest BCUT2D eigenvalue weighted by atomic mass is 15.3. The van der Waals surface area contributed by atoms with E-state index < -0.39 is 5.11 Å². The molecule has 0 atom stereocenters. The quantitative estimate of drug-likeness (QED) is 0.590. The molecule has 0 aliphatic heterocycles. The van der Waals surface area contributed by atoms with Crippen molar-refractivity contribution in [3.05, 3.63) is 41.7 Å².